The minimum absolute atomic E-state index is 0.120. The zero-order chi connectivity index (χ0) is 9.95. The van der Waals surface area contributed by atoms with Crippen LogP contribution in [0.3, 0.4) is 0 Å². The molecule has 0 aromatic carbocycles. The van der Waals surface area contributed by atoms with Crippen molar-refractivity contribution in [2.75, 3.05) is 12.3 Å². The highest BCUT2D eigenvalue weighted by Crippen LogP contribution is 2.33. The van der Waals surface area contributed by atoms with Crippen LogP contribution in [-0.2, 0) is 0 Å². The van der Waals surface area contributed by atoms with Crippen LogP contribution in [-0.4, -0.2) is 23.3 Å². The Kier molecular flexibility index (Phi) is 3.51. The highest BCUT2D eigenvalue weighted by atomic mass is 32.2. The SMILES string of the molecule is CC1(CCCC(F)(F)F)NCCS1. The topological polar surface area (TPSA) is 12.0 Å². The van der Waals surface area contributed by atoms with Crippen LogP contribution in [0.25, 0.3) is 0 Å². The van der Waals surface area contributed by atoms with Crippen molar-refractivity contribution in [2.24, 2.45) is 0 Å². The molecule has 0 aliphatic carbocycles. The lowest BCUT2D eigenvalue weighted by molar-refractivity contribution is -0.135. The lowest BCUT2D eigenvalue weighted by Crippen LogP contribution is -2.33. The number of halogens is 3. The Morgan fingerprint density at radius 2 is 2.15 bits per heavy atom. The maximum absolute atomic E-state index is 11.8. The lowest BCUT2D eigenvalue weighted by Gasteiger charge is -2.23. The first-order chi connectivity index (χ1) is 5.91. The molecule has 1 nitrogen and oxygen atoms in total. The van der Waals surface area contributed by atoms with E-state index in [2.05, 4.69) is 5.32 Å². The van der Waals surface area contributed by atoms with Crippen LogP contribution in [0.4, 0.5) is 13.2 Å². The van der Waals surface area contributed by atoms with E-state index in [4.69, 9.17) is 0 Å². The second-order valence-corrected chi connectivity index (χ2v) is 5.07. The van der Waals surface area contributed by atoms with Crippen LogP contribution in [0.15, 0.2) is 0 Å². The molecule has 1 aliphatic heterocycles. The van der Waals surface area contributed by atoms with E-state index in [1.807, 2.05) is 6.92 Å². The predicted octanol–water partition coefficient (Wildman–Crippen LogP) is 2.77. The summed E-state index contributed by atoms with van der Waals surface area (Å²) in [5.74, 6) is 1.00. The molecule has 78 valence electrons. The van der Waals surface area contributed by atoms with Crippen molar-refractivity contribution in [2.45, 2.75) is 37.2 Å². The van der Waals surface area contributed by atoms with Gasteiger partial charge in [-0.25, -0.2) is 0 Å². The average Bonchev–Trinajstić information content (AvgIpc) is 2.33. The smallest absolute Gasteiger partial charge is 0.302 e. The number of rotatable bonds is 3. The number of alkyl halides is 3. The van der Waals surface area contributed by atoms with Gasteiger partial charge in [-0.3, -0.25) is 0 Å². The molecule has 1 atom stereocenters. The highest BCUT2D eigenvalue weighted by Gasteiger charge is 2.31. The summed E-state index contributed by atoms with van der Waals surface area (Å²) >= 11 is 1.72. The molecular weight excluding hydrogens is 199 g/mol. The van der Waals surface area contributed by atoms with E-state index in [1.165, 1.54) is 0 Å². The summed E-state index contributed by atoms with van der Waals surface area (Å²) in [6.07, 6.45) is -3.85. The van der Waals surface area contributed by atoms with Crippen molar-refractivity contribution < 1.29 is 13.2 Å². The number of hydrogen-bond acceptors (Lipinski definition) is 2. The van der Waals surface area contributed by atoms with Gasteiger partial charge in [0.15, 0.2) is 0 Å². The van der Waals surface area contributed by atoms with Crippen molar-refractivity contribution in [1.29, 1.82) is 0 Å². The predicted molar refractivity (Wildman–Crippen MR) is 48.8 cm³/mol. The highest BCUT2D eigenvalue weighted by molar-refractivity contribution is 8.00. The Bertz CT molecular complexity index is 163. The summed E-state index contributed by atoms with van der Waals surface area (Å²) in [6.45, 7) is 2.88. The fourth-order valence-electron chi connectivity index (χ4n) is 1.43. The Morgan fingerprint density at radius 1 is 1.46 bits per heavy atom. The van der Waals surface area contributed by atoms with E-state index in [1.54, 1.807) is 11.8 Å². The van der Waals surface area contributed by atoms with E-state index < -0.39 is 12.6 Å². The van der Waals surface area contributed by atoms with E-state index in [0.717, 1.165) is 12.3 Å². The molecule has 0 amide bonds. The normalized spacial score (nSPS) is 29.5. The third kappa shape index (κ3) is 4.22. The second-order valence-electron chi connectivity index (χ2n) is 3.47. The fraction of sp³-hybridized carbons (Fsp3) is 1.00. The van der Waals surface area contributed by atoms with Gasteiger partial charge in [0, 0.05) is 18.7 Å². The molecule has 1 rings (SSSR count). The van der Waals surface area contributed by atoms with Crippen LogP contribution in [0.2, 0.25) is 0 Å². The van der Waals surface area contributed by atoms with Gasteiger partial charge >= 0.3 is 6.18 Å². The summed E-state index contributed by atoms with van der Waals surface area (Å²) in [4.78, 5) is -0.120. The van der Waals surface area contributed by atoms with Gasteiger partial charge < -0.3 is 5.32 Å². The van der Waals surface area contributed by atoms with Gasteiger partial charge in [-0.1, -0.05) is 0 Å². The number of nitrogens with one attached hydrogen (secondary N) is 1. The van der Waals surface area contributed by atoms with Gasteiger partial charge in [0.1, 0.15) is 0 Å². The summed E-state index contributed by atoms with van der Waals surface area (Å²) in [6, 6.07) is 0. The summed E-state index contributed by atoms with van der Waals surface area (Å²) in [5.41, 5.74) is 0. The van der Waals surface area contributed by atoms with Gasteiger partial charge in [-0.05, 0) is 19.8 Å². The Labute approximate surface area is 80.5 Å². The molecule has 0 aromatic rings. The minimum atomic E-state index is -4.00. The molecule has 1 saturated heterocycles. The molecular formula is C8H14F3NS. The van der Waals surface area contributed by atoms with E-state index >= 15 is 0 Å². The molecule has 0 bridgehead atoms. The average molecular weight is 213 g/mol. The van der Waals surface area contributed by atoms with Crippen LogP contribution >= 0.6 is 11.8 Å². The van der Waals surface area contributed by atoms with E-state index in [-0.39, 0.29) is 11.3 Å². The molecule has 0 saturated carbocycles. The molecule has 0 radical (unpaired) electrons. The molecule has 1 aliphatic rings. The quantitative estimate of drug-likeness (QED) is 0.773. The fourth-order valence-corrected chi connectivity index (χ4v) is 2.58. The Balaban J connectivity index is 2.18. The van der Waals surface area contributed by atoms with E-state index in [9.17, 15) is 13.2 Å². The van der Waals surface area contributed by atoms with Gasteiger partial charge in [-0.15, -0.1) is 11.8 Å². The molecule has 0 aromatic heterocycles. The third-order valence-electron chi connectivity index (χ3n) is 2.14. The van der Waals surface area contributed by atoms with Gasteiger partial charge in [-0.2, -0.15) is 13.2 Å². The zero-order valence-corrected chi connectivity index (χ0v) is 8.39. The maximum Gasteiger partial charge on any atom is 0.389 e. The van der Waals surface area contributed by atoms with Crippen LogP contribution in [0.5, 0.6) is 0 Å². The minimum Gasteiger partial charge on any atom is -0.302 e. The first kappa shape index (κ1) is 11.2. The van der Waals surface area contributed by atoms with Crippen molar-refractivity contribution >= 4 is 11.8 Å². The van der Waals surface area contributed by atoms with Crippen LogP contribution in [0.1, 0.15) is 26.2 Å². The molecule has 1 fully saturated rings. The standard InChI is InChI=1S/C8H14F3NS/c1-7(12-5-6-13-7)3-2-4-8(9,10)11/h12H,2-6H2,1H3. The molecule has 1 unspecified atom stereocenters. The van der Waals surface area contributed by atoms with Gasteiger partial charge in [0.25, 0.3) is 0 Å². The zero-order valence-electron chi connectivity index (χ0n) is 7.58. The van der Waals surface area contributed by atoms with Crippen molar-refractivity contribution in [3.05, 3.63) is 0 Å². The van der Waals surface area contributed by atoms with E-state index in [0.29, 0.717) is 6.42 Å². The molecule has 5 heteroatoms. The second kappa shape index (κ2) is 4.09. The summed E-state index contributed by atoms with van der Waals surface area (Å²) in [5, 5.41) is 3.21. The van der Waals surface area contributed by atoms with Gasteiger partial charge in [0.05, 0.1) is 4.87 Å². The maximum atomic E-state index is 11.8. The monoisotopic (exact) mass is 213 g/mol. The van der Waals surface area contributed by atoms with Crippen molar-refractivity contribution in [1.82, 2.24) is 5.32 Å². The molecule has 1 N–H and O–H groups in total. The van der Waals surface area contributed by atoms with Crippen molar-refractivity contribution in [3.63, 3.8) is 0 Å². The van der Waals surface area contributed by atoms with Gasteiger partial charge in [0.2, 0.25) is 0 Å². The van der Waals surface area contributed by atoms with Crippen LogP contribution < -0.4 is 5.32 Å². The van der Waals surface area contributed by atoms with Crippen LogP contribution in [0, 0.1) is 0 Å². The van der Waals surface area contributed by atoms with Crippen molar-refractivity contribution in [3.8, 4) is 0 Å². The first-order valence-corrected chi connectivity index (χ1v) is 5.36. The Morgan fingerprint density at radius 3 is 2.62 bits per heavy atom. The summed E-state index contributed by atoms with van der Waals surface area (Å²) in [7, 11) is 0. The molecule has 1 heterocycles. The first-order valence-electron chi connectivity index (χ1n) is 4.37. The Hall–Kier alpha value is 0.100. The third-order valence-corrected chi connectivity index (χ3v) is 3.53. The molecule has 0 spiro atoms. The molecule has 13 heavy (non-hydrogen) atoms. The largest absolute Gasteiger partial charge is 0.389 e. The summed E-state index contributed by atoms with van der Waals surface area (Å²) < 4.78 is 35.5. The number of thioether (sulfide) groups is 1. The lowest BCUT2D eigenvalue weighted by atomic mass is 10.1. The number of hydrogen-bond donors (Lipinski definition) is 1.